The van der Waals surface area contributed by atoms with Crippen LogP contribution in [0.4, 0.5) is 23.2 Å². The van der Waals surface area contributed by atoms with Crippen molar-refractivity contribution in [3.05, 3.63) is 93.8 Å². The maximum atomic E-state index is 14.4. The molecule has 3 aromatic carbocycles. The van der Waals surface area contributed by atoms with Gasteiger partial charge in [0.05, 0.1) is 34.0 Å². The number of nitrogens with zero attached hydrogens (tertiary/aromatic N) is 1. The summed E-state index contributed by atoms with van der Waals surface area (Å²) in [4.78, 5) is -0.599. The van der Waals surface area contributed by atoms with Gasteiger partial charge in [0.1, 0.15) is 5.82 Å². The van der Waals surface area contributed by atoms with Gasteiger partial charge in [-0.2, -0.15) is 13.2 Å². The zero-order valence-corrected chi connectivity index (χ0v) is 23.0. The fourth-order valence-corrected chi connectivity index (χ4v) is 7.13. The first-order valence-electron chi connectivity index (χ1n) is 11.5. The summed E-state index contributed by atoms with van der Waals surface area (Å²) in [5, 5.41) is 0.185. The van der Waals surface area contributed by atoms with Crippen molar-refractivity contribution in [1.29, 1.82) is 0 Å². The molecule has 0 saturated heterocycles. The number of allylic oxidation sites excluding steroid dienone is 1. The molecule has 0 unspecified atom stereocenters. The first-order chi connectivity index (χ1) is 18.1. The molecule has 1 aliphatic rings. The molecule has 4 rings (SSSR count). The first kappa shape index (κ1) is 29.1. The van der Waals surface area contributed by atoms with Crippen LogP contribution in [0, 0.1) is 5.82 Å². The van der Waals surface area contributed by atoms with Crippen molar-refractivity contribution >= 4 is 49.0 Å². The van der Waals surface area contributed by atoms with E-state index in [0.29, 0.717) is 22.8 Å². The Morgan fingerprint density at radius 1 is 1.05 bits per heavy atom. The Balaban J connectivity index is 1.83. The summed E-state index contributed by atoms with van der Waals surface area (Å²) >= 11 is 6.17. The molecule has 0 bridgehead atoms. The Hall–Kier alpha value is -2.93. The van der Waals surface area contributed by atoms with Crippen molar-refractivity contribution in [3.8, 4) is 0 Å². The average molecular weight is 603 g/mol. The van der Waals surface area contributed by atoms with E-state index in [-0.39, 0.29) is 29.2 Å². The molecule has 0 amide bonds. The minimum absolute atomic E-state index is 0.138. The van der Waals surface area contributed by atoms with Crippen LogP contribution in [0.5, 0.6) is 0 Å². The van der Waals surface area contributed by atoms with Crippen LogP contribution in [0.2, 0.25) is 5.02 Å². The summed E-state index contributed by atoms with van der Waals surface area (Å²) in [7, 11) is -8.29. The number of anilines is 1. The molecule has 0 aromatic heterocycles. The second kappa shape index (κ2) is 10.6. The fourth-order valence-electron chi connectivity index (χ4n) is 4.47. The summed E-state index contributed by atoms with van der Waals surface area (Å²) in [6.45, 7) is 1.27. The van der Waals surface area contributed by atoms with Gasteiger partial charge < -0.3 is 0 Å². The highest BCUT2D eigenvalue weighted by atomic mass is 35.5. The number of sulfonamides is 2. The monoisotopic (exact) mass is 602 g/mol. The summed E-state index contributed by atoms with van der Waals surface area (Å²) in [5.41, 5.74) is 0.586. The van der Waals surface area contributed by atoms with Gasteiger partial charge in [-0.05, 0) is 66.4 Å². The van der Waals surface area contributed by atoms with Crippen molar-refractivity contribution in [3.63, 3.8) is 0 Å². The molecule has 1 atom stereocenters. The normalized spacial score (nSPS) is 16.7. The number of hydrogen-bond donors (Lipinski definition) is 1. The molecule has 0 fully saturated rings. The molecule has 1 N–H and O–H groups in total. The van der Waals surface area contributed by atoms with E-state index in [4.69, 9.17) is 11.6 Å². The number of halogens is 5. The van der Waals surface area contributed by atoms with E-state index < -0.39 is 48.5 Å². The topological polar surface area (TPSA) is 83.6 Å². The van der Waals surface area contributed by atoms with Crippen molar-refractivity contribution in [2.45, 2.75) is 30.5 Å². The van der Waals surface area contributed by atoms with E-state index in [9.17, 15) is 34.4 Å². The van der Waals surface area contributed by atoms with E-state index >= 15 is 0 Å². The van der Waals surface area contributed by atoms with Gasteiger partial charge >= 0.3 is 6.18 Å². The molecule has 0 radical (unpaired) electrons. The molecule has 6 nitrogen and oxygen atoms in total. The quantitative estimate of drug-likeness (QED) is 0.289. The van der Waals surface area contributed by atoms with Crippen LogP contribution < -0.4 is 9.03 Å². The predicted octanol–water partition coefficient (Wildman–Crippen LogP) is 5.73. The smallest absolute Gasteiger partial charge is 0.264 e. The van der Waals surface area contributed by atoms with Crippen LogP contribution in [0.25, 0.3) is 11.6 Å². The fraction of sp³-hybridized carbons (Fsp3) is 0.231. The third-order valence-electron chi connectivity index (χ3n) is 6.10. The van der Waals surface area contributed by atoms with Crippen molar-refractivity contribution < 1.29 is 34.4 Å². The largest absolute Gasteiger partial charge is 0.416 e. The second-order valence-corrected chi connectivity index (χ2v) is 13.2. The van der Waals surface area contributed by atoms with E-state index in [1.807, 2.05) is 0 Å². The van der Waals surface area contributed by atoms with Gasteiger partial charge in [0, 0.05) is 11.6 Å². The second-order valence-electron chi connectivity index (χ2n) is 9.16. The van der Waals surface area contributed by atoms with Crippen molar-refractivity contribution in [1.82, 2.24) is 4.72 Å². The van der Waals surface area contributed by atoms with E-state index in [1.165, 1.54) is 24.3 Å². The Bertz CT molecular complexity index is 1650. The zero-order valence-electron chi connectivity index (χ0n) is 20.6. The molecule has 0 spiro atoms. The molecule has 0 saturated carbocycles. The average Bonchev–Trinajstić information content (AvgIpc) is 2.82. The number of fused-ring (bicyclic) bond motifs is 1. The van der Waals surface area contributed by atoms with Crippen LogP contribution in [0.15, 0.2) is 65.6 Å². The van der Waals surface area contributed by atoms with Crippen LogP contribution in [-0.2, 0) is 32.6 Å². The van der Waals surface area contributed by atoms with Gasteiger partial charge in [-0.15, -0.1) is 0 Å². The minimum atomic E-state index is -4.77. The van der Waals surface area contributed by atoms with Crippen LogP contribution in [0.1, 0.15) is 29.2 Å². The Morgan fingerprint density at radius 3 is 2.38 bits per heavy atom. The highest BCUT2D eigenvalue weighted by Gasteiger charge is 2.37. The van der Waals surface area contributed by atoms with Crippen LogP contribution in [-0.4, -0.2) is 35.7 Å². The molecular formula is C26H23ClF4N2O4S2. The lowest BCUT2D eigenvalue weighted by Crippen LogP contribution is -2.50. The molecule has 1 heterocycles. The number of hydrogen-bond acceptors (Lipinski definition) is 4. The van der Waals surface area contributed by atoms with Gasteiger partial charge in [0.15, 0.2) is 0 Å². The Morgan fingerprint density at radius 2 is 1.74 bits per heavy atom. The standard InChI is InChI=1S/C26H23ClF4N2O4S2/c1-16(25-22(27)7-4-8-23(25)28)11-17-9-10-18-13-20(32-38(2,34)35)15-33(24(18)12-17)39(36,37)21-6-3-5-19(14-21)26(29,30)31/h3-12,14,20,32H,13,15H2,1-2H3/b16-11+/t20-/m1/s1. The molecule has 39 heavy (non-hydrogen) atoms. The van der Waals surface area contributed by atoms with Crippen LogP contribution >= 0.6 is 11.6 Å². The molecular weight excluding hydrogens is 580 g/mol. The van der Waals surface area contributed by atoms with Crippen LogP contribution in [0.3, 0.4) is 0 Å². The highest BCUT2D eigenvalue weighted by Crippen LogP contribution is 2.37. The Labute approximate surface area is 229 Å². The van der Waals surface area contributed by atoms with Crippen molar-refractivity contribution in [2.24, 2.45) is 0 Å². The van der Waals surface area contributed by atoms with Gasteiger partial charge in [0.2, 0.25) is 10.0 Å². The van der Waals surface area contributed by atoms with Gasteiger partial charge in [0.25, 0.3) is 10.0 Å². The van der Waals surface area contributed by atoms with Gasteiger partial charge in [-0.3, -0.25) is 4.31 Å². The third-order valence-corrected chi connectivity index (χ3v) is 8.95. The summed E-state index contributed by atoms with van der Waals surface area (Å²) in [5.74, 6) is -0.544. The summed E-state index contributed by atoms with van der Waals surface area (Å²) in [6.07, 6.45) is -2.10. The minimum Gasteiger partial charge on any atom is -0.264 e. The SMILES string of the molecule is C/C(=C\c1ccc2c(c1)N(S(=O)(=O)c1cccc(C(F)(F)F)c1)C[C@H](NS(C)(=O)=O)C2)c1c(F)cccc1Cl. The third kappa shape index (κ3) is 6.46. The van der Waals surface area contributed by atoms with Gasteiger partial charge in [-0.25, -0.2) is 25.9 Å². The maximum absolute atomic E-state index is 14.4. The van der Waals surface area contributed by atoms with E-state index in [0.717, 1.165) is 28.8 Å². The number of benzene rings is 3. The first-order valence-corrected chi connectivity index (χ1v) is 15.2. The lowest BCUT2D eigenvalue weighted by Gasteiger charge is -2.35. The maximum Gasteiger partial charge on any atom is 0.416 e. The molecule has 1 aliphatic heterocycles. The zero-order chi connectivity index (χ0) is 28.8. The molecule has 3 aromatic rings. The van der Waals surface area contributed by atoms with E-state index in [2.05, 4.69) is 4.72 Å². The molecule has 208 valence electrons. The highest BCUT2D eigenvalue weighted by molar-refractivity contribution is 7.92. The summed E-state index contributed by atoms with van der Waals surface area (Å²) in [6, 6.07) is 11.5. The lowest BCUT2D eigenvalue weighted by molar-refractivity contribution is -0.137. The molecule has 0 aliphatic carbocycles. The summed E-state index contributed by atoms with van der Waals surface area (Å²) < 4.78 is 109. The number of nitrogens with one attached hydrogen (secondary N) is 1. The van der Waals surface area contributed by atoms with Gasteiger partial charge in [-0.1, -0.05) is 41.9 Å². The van der Waals surface area contributed by atoms with Crippen molar-refractivity contribution in [2.75, 3.05) is 17.1 Å². The number of rotatable bonds is 6. The molecule has 13 heteroatoms. The van der Waals surface area contributed by atoms with E-state index in [1.54, 1.807) is 25.1 Å². The Kier molecular flexibility index (Phi) is 7.87. The predicted molar refractivity (Wildman–Crippen MR) is 143 cm³/mol. The lowest BCUT2D eigenvalue weighted by atomic mass is 9.97. The number of alkyl halides is 3.